The van der Waals surface area contributed by atoms with Gasteiger partial charge in [0.2, 0.25) is 0 Å². The fraction of sp³-hybridized carbons (Fsp3) is 0.350. The molecule has 1 aliphatic heterocycles. The van der Waals surface area contributed by atoms with E-state index < -0.39 is 6.10 Å². The van der Waals surface area contributed by atoms with Crippen LogP contribution in [0.1, 0.15) is 24.2 Å². The number of aliphatic hydroxyl groups excluding tert-OH is 1. The molecule has 3 rings (SSSR count). The average molecular weight is 485 g/mol. The van der Waals surface area contributed by atoms with E-state index in [1.54, 1.807) is 12.1 Å². The Morgan fingerprint density at radius 1 is 1.22 bits per heavy atom. The van der Waals surface area contributed by atoms with Gasteiger partial charge in [0.25, 0.3) is 0 Å². The van der Waals surface area contributed by atoms with Gasteiger partial charge >= 0.3 is 0 Å². The van der Waals surface area contributed by atoms with Crippen molar-refractivity contribution in [3.8, 4) is 5.75 Å². The Kier molecular flexibility index (Phi) is 8.30. The molecule has 146 valence electrons. The van der Waals surface area contributed by atoms with E-state index in [1.807, 2.05) is 25.1 Å². The molecule has 2 unspecified atom stereocenters. The largest absolute Gasteiger partial charge is 0.488 e. The molecule has 0 saturated heterocycles. The van der Waals surface area contributed by atoms with Crippen LogP contribution in [0.3, 0.4) is 0 Å². The van der Waals surface area contributed by atoms with Gasteiger partial charge in [-0.2, -0.15) is 0 Å². The maximum atomic E-state index is 13.0. The molecule has 5 nitrogen and oxygen atoms in total. The molecule has 2 aromatic carbocycles. The molecule has 2 atom stereocenters. The number of rotatable bonds is 6. The molecule has 0 aliphatic carbocycles. The first-order valence-corrected chi connectivity index (χ1v) is 8.86. The minimum absolute atomic E-state index is 0. The predicted octanol–water partition coefficient (Wildman–Crippen LogP) is 3.04. The Hall–Kier alpha value is -1.87. The predicted molar refractivity (Wildman–Crippen MR) is 115 cm³/mol. The van der Waals surface area contributed by atoms with E-state index >= 15 is 0 Å². The first kappa shape index (κ1) is 21.4. The summed E-state index contributed by atoms with van der Waals surface area (Å²) in [4.78, 5) is 4.42. The summed E-state index contributed by atoms with van der Waals surface area (Å²) in [6, 6.07) is 13.8. The molecular formula is C20H25FIN3O2. The smallest absolute Gasteiger partial charge is 0.191 e. The van der Waals surface area contributed by atoms with Crippen LogP contribution in [0.15, 0.2) is 53.5 Å². The molecule has 1 aliphatic rings. The number of hydrogen-bond acceptors (Lipinski definition) is 3. The van der Waals surface area contributed by atoms with Crippen molar-refractivity contribution in [1.82, 2.24) is 10.6 Å². The average Bonchev–Trinajstić information content (AvgIpc) is 3.07. The number of benzene rings is 2. The molecule has 0 fully saturated rings. The van der Waals surface area contributed by atoms with E-state index in [-0.39, 0.29) is 42.4 Å². The van der Waals surface area contributed by atoms with Crippen LogP contribution >= 0.6 is 24.0 Å². The van der Waals surface area contributed by atoms with E-state index in [9.17, 15) is 9.50 Å². The van der Waals surface area contributed by atoms with Crippen molar-refractivity contribution in [2.75, 3.05) is 19.6 Å². The number of halogens is 2. The van der Waals surface area contributed by atoms with E-state index in [0.29, 0.717) is 24.6 Å². The van der Waals surface area contributed by atoms with E-state index in [0.717, 1.165) is 12.2 Å². The fourth-order valence-electron chi connectivity index (χ4n) is 2.89. The van der Waals surface area contributed by atoms with Crippen molar-refractivity contribution in [1.29, 1.82) is 0 Å². The molecule has 1 heterocycles. The number of para-hydroxylation sites is 1. The molecule has 3 N–H and O–H groups in total. The van der Waals surface area contributed by atoms with Crippen LogP contribution < -0.4 is 15.4 Å². The number of hydrogen-bond donors (Lipinski definition) is 3. The normalized spacial score (nSPS) is 16.7. The lowest BCUT2D eigenvalue weighted by atomic mass is 10.1. The van der Waals surface area contributed by atoms with Gasteiger partial charge < -0.3 is 20.5 Å². The fourth-order valence-corrected chi connectivity index (χ4v) is 2.89. The Bertz CT molecular complexity index is 730. The third kappa shape index (κ3) is 6.07. The lowest BCUT2D eigenvalue weighted by Crippen LogP contribution is -2.42. The Labute approximate surface area is 176 Å². The Morgan fingerprint density at radius 2 is 1.96 bits per heavy atom. The number of aliphatic imine (C=N–C) groups is 1. The summed E-state index contributed by atoms with van der Waals surface area (Å²) in [6.45, 7) is 3.50. The van der Waals surface area contributed by atoms with Crippen molar-refractivity contribution < 1.29 is 14.2 Å². The second kappa shape index (κ2) is 10.5. The second-order valence-corrected chi connectivity index (χ2v) is 6.22. The van der Waals surface area contributed by atoms with E-state index in [1.165, 1.54) is 17.7 Å². The zero-order chi connectivity index (χ0) is 18.4. The maximum Gasteiger partial charge on any atom is 0.191 e. The highest BCUT2D eigenvalue weighted by molar-refractivity contribution is 14.0. The highest BCUT2D eigenvalue weighted by Gasteiger charge is 2.22. The molecule has 0 aromatic heterocycles. The van der Waals surface area contributed by atoms with Crippen molar-refractivity contribution in [2.45, 2.75) is 25.6 Å². The highest BCUT2D eigenvalue weighted by Crippen LogP contribution is 2.27. The number of nitrogens with zero attached hydrogens (tertiary/aromatic N) is 1. The number of ether oxygens (including phenoxy) is 1. The van der Waals surface area contributed by atoms with Crippen LogP contribution in [-0.2, 0) is 6.42 Å². The lowest BCUT2D eigenvalue weighted by Gasteiger charge is -2.16. The molecule has 27 heavy (non-hydrogen) atoms. The maximum absolute atomic E-state index is 13.0. The number of fused-ring (bicyclic) bond motifs is 1. The quantitative estimate of drug-likeness (QED) is 0.335. The molecular weight excluding hydrogens is 460 g/mol. The summed E-state index contributed by atoms with van der Waals surface area (Å²) >= 11 is 0. The van der Waals surface area contributed by atoms with Crippen LogP contribution in [0.5, 0.6) is 5.75 Å². The van der Waals surface area contributed by atoms with Crippen molar-refractivity contribution in [2.24, 2.45) is 4.99 Å². The van der Waals surface area contributed by atoms with E-state index in [4.69, 9.17) is 4.74 Å². The van der Waals surface area contributed by atoms with Crippen LogP contribution in [0.2, 0.25) is 0 Å². The highest BCUT2D eigenvalue weighted by atomic mass is 127. The minimum atomic E-state index is -0.780. The monoisotopic (exact) mass is 485 g/mol. The topological polar surface area (TPSA) is 65.9 Å². The van der Waals surface area contributed by atoms with Gasteiger partial charge in [-0.3, -0.25) is 4.99 Å². The zero-order valence-electron chi connectivity index (χ0n) is 15.2. The van der Waals surface area contributed by atoms with Gasteiger partial charge in [-0.05, 0) is 36.2 Å². The SMILES string of the molecule is CCNC(=NCC(O)c1ccc(F)cc1)NCC1Cc2ccccc2O1.I. The number of guanidine groups is 1. The molecule has 7 heteroatoms. The van der Waals surface area contributed by atoms with E-state index in [2.05, 4.69) is 21.7 Å². The molecule has 2 aromatic rings. The number of nitrogens with one attached hydrogen (secondary N) is 2. The first-order valence-electron chi connectivity index (χ1n) is 8.86. The van der Waals surface area contributed by atoms with Crippen molar-refractivity contribution >= 4 is 29.9 Å². The summed E-state index contributed by atoms with van der Waals surface area (Å²) in [5.41, 5.74) is 1.86. The summed E-state index contributed by atoms with van der Waals surface area (Å²) < 4.78 is 18.9. The third-order valence-corrected chi connectivity index (χ3v) is 4.23. The van der Waals surface area contributed by atoms with Gasteiger partial charge in [-0.15, -0.1) is 24.0 Å². The van der Waals surface area contributed by atoms with Gasteiger partial charge in [0.1, 0.15) is 17.7 Å². The van der Waals surface area contributed by atoms with Gasteiger partial charge in [0.05, 0.1) is 19.2 Å². The molecule has 0 spiro atoms. The van der Waals surface area contributed by atoms with Gasteiger partial charge in [-0.25, -0.2) is 4.39 Å². The standard InChI is InChI=1S/C20H24FN3O2.HI/c1-2-22-20(24-13-18(25)14-7-9-16(21)10-8-14)23-12-17-11-15-5-3-4-6-19(15)26-17;/h3-10,17-18,25H,2,11-13H2,1H3,(H2,22,23,24);1H. The summed E-state index contributed by atoms with van der Waals surface area (Å²) in [6.07, 6.45) is 0.136. The second-order valence-electron chi connectivity index (χ2n) is 6.22. The molecule has 0 amide bonds. The number of aliphatic hydroxyl groups is 1. The van der Waals surface area contributed by atoms with Crippen molar-refractivity contribution in [3.63, 3.8) is 0 Å². The zero-order valence-corrected chi connectivity index (χ0v) is 17.5. The van der Waals surface area contributed by atoms with Gasteiger partial charge in [0.15, 0.2) is 5.96 Å². The van der Waals surface area contributed by atoms with Crippen LogP contribution in [-0.4, -0.2) is 36.8 Å². The molecule has 0 saturated carbocycles. The van der Waals surface area contributed by atoms with Gasteiger partial charge in [0, 0.05) is 13.0 Å². The van der Waals surface area contributed by atoms with Crippen molar-refractivity contribution in [3.05, 3.63) is 65.5 Å². The summed E-state index contributed by atoms with van der Waals surface area (Å²) in [7, 11) is 0. The summed E-state index contributed by atoms with van der Waals surface area (Å²) in [5.74, 6) is 1.23. The summed E-state index contributed by atoms with van der Waals surface area (Å²) in [5, 5.41) is 16.6. The molecule has 0 bridgehead atoms. The minimum Gasteiger partial charge on any atom is -0.488 e. The van der Waals surface area contributed by atoms with Crippen LogP contribution in [0.25, 0.3) is 0 Å². The molecule has 0 radical (unpaired) electrons. The Balaban J connectivity index is 0.00000261. The van der Waals surface area contributed by atoms with Crippen LogP contribution in [0.4, 0.5) is 4.39 Å². The third-order valence-electron chi connectivity index (χ3n) is 4.23. The van der Waals surface area contributed by atoms with Gasteiger partial charge in [-0.1, -0.05) is 30.3 Å². The van der Waals surface area contributed by atoms with Crippen LogP contribution in [0, 0.1) is 5.82 Å². The Morgan fingerprint density at radius 3 is 2.67 bits per heavy atom. The first-order chi connectivity index (χ1) is 12.7. The lowest BCUT2D eigenvalue weighted by molar-refractivity contribution is 0.187.